The first-order valence-electron chi connectivity index (χ1n) is 27.5. The molecule has 0 unspecified atom stereocenters. The number of hydrogen-bond acceptors (Lipinski definition) is 15. The van der Waals surface area contributed by atoms with E-state index in [0.717, 1.165) is 4.90 Å². The Hall–Kier alpha value is -8.59. The highest BCUT2D eigenvalue weighted by Gasteiger charge is 2.43. The average Bonchev–Trinajstić information content (AvgIpc) is 3.84. The molecule has 3 aromatic rings. The number of nitrogens with zero attached hydrogens (tertiary/aromatic N) is 2. The standard InChI is InChI=1S/C57H73N9O17S/c1-84-29-26-39(51(76)64-43(32-34-12-6-3-7-13-34)56(81)65-27-8-14-44(65)54(79)61-40(22-25-48(72)73)55(80)66-28-9-15-45(66)57(82)83)60-52(77)41(30-33-10-4-2-5-11-33)63-53(78)42(31-35-16-18-36(67)19-17-35)62-50(75)38(21-24-47(70)71)59-49(74)37(58)20-23-46(68)69/h2-7,10-13,16-19,37-45,67H,8-9,14-15,20-32,58H2,1H3,(H,59,74)(H,60,77)(H,61,79)(H,62,75)(H,63,78)(H,64,76)(H,68,69)(H,70,71)(H,72,73)(H,82,83)/t37-,38-,39-,40-,41-,42-,43-,44-,45-/m0/s1. The minimum atomic E-state index is -1.60. The van der Waals surface area contributed by atoms with Crippen LogP contribution in [0.25, 0.3) is 0 Å². The fourth-order valence-electron chi connectivity index (χ4n) is 9.79. The van der Waals surface area contributed by atoms with Gasteiger partial charge in [-0.1, -0.05) is 72.8 Å². The molecule has 26 nitrogen and oxygen atoms in total. The summed E-state index contributed by atoms with van der Waals surface area (Å²) >= 11 is 1.34. The number of aromatic hydroxyl groups is 1. The van der Waals surface area contributed by atoms with Gasteiger partial charge in [0.1, 0.15) is 54.1 Å². The first-order valence-corrected chi connectivity index (χ1v) is 28.9. The zero-order chi connectivity index (χ0) is 61.5. The number of carboxylic acids is 4. The summed E-state index contributed by atoms with van der Waals surface area (Å²) in [6.07, 6.45) is -0.599. The van der Waals surface area contributed by atoms with Gasteiger partial charge in [0.05, 0.1) is 6.04 Å². The molecule has 2 saturated heterocycles. The highest BCUT2D eigenvalue weighted by molar-refractivity contribution is 7.98. The molecule has 2 fully saturated rings. The van der Waals surface area contributed by atoms with Crippen LogP contribution in [0, 0.1) is 0 Å². The van der Waals surface area contributed by atoms with Gasteiger partial charge in [0.2, 0.25) is 47.3 Å². The van der Waals surface area contributed by atoms with Crippen molar-refractivity contribution in [2.24, 2.45) is 5.73 Å². The van der Waals surface area contributed by atoms with Crippen LogP contribution in [0.15, 0.2) is 84.9 Å². The summed E-state index contributed by atoms with van der Waals surface area (Å²) in [6.45, 7) is 0.120. The number of carboxylic acid groups (broad SMARTS) is 4. The number of amides is 8. The number of phenols is 1. The van der Waals surface area contributed by atoms with Gasteiger partial charge >= 0.3 is 23.9 Å². The second-order valence-electron chi connectivity index (χ2n) is 20.5. The van der Waals surface area contributed by atoms with Crippen LogP contribution in [-0.4, -0.2) is 186 Å². The van der Waals surface area contributed by atoms with Gasteiger partial charge < -0.3 is 73.0 Å². The van der Waals surface area contributed by atoms with Crippen molar-refractivity contribution in [1.82, 2.24) is 41.7 Å². The molecular formula is C57H73N9O17S. The number of likely N-dealkylation sites (tertiary alicyclic amines) is 2. The van der Waals surface area contributed by atoms with Crippen LogP contribution in [-0.2, 0) is 76.8 Å². The van der Waals surface area contributed by atoms with Crippen molar-refractivity contribution in [3.8, 4) is 5.75 Å². The highest BCUT2D eigenvalue weighted by atomic mass is 32.2. The molecule has 9 atom stereocenters. The molecule has 0 spiro atoms. The quantitative estimate of drug-likeness (QED) is 0.0384. The lowest BCUT2D eigenvalue weighted by molar-refractivity contribution is -0.150. The molecule has 5 rings (SSSR count). The molecule has 0 saturated carbocycles. The summed E-state index contributed by atoms with van der Waals surface area (Å²) in [5.74, 6) is -11.8. The third kappa shape index (κ3) is 20.7. The Labute approximate surface area is 488 Å². The lowest BCUT2D eigenvalue weighted by atomic mass is 10.0. The molecule has 2 heterocycles. The lowest BCUT2D eigenvalue weighted by Gasteiger charge is -2.32. The van der Waals surface area contributed by atoms with Gasteiger partial charge in [-0.25, -0.2) is 4.79 Å². The summed E-state index contributed by atoms with van der Waals surface area (Å²) in [7, 11) is 0. The predicted octanol–water partition coefficient (Wildman–Crippen LogP) is 0.0703. The number of rotatable bonds is 33. The van der Waals surface area contributed by atoms with E-state index in [9.17, 15) is 78.0 Å². The number of thioether (sulfide) groups is 1. The SMILES string of the molecule is CSCC[C@H](NC(=O)[C@H](Cc1ccccc1)NC(=O)[C@H](Cc1ccc(O)cc1)NC(=O)[C@H](CCC(=O)O)NC(=O)[C@@H](N)CCC(=O)O)C(=O)N[C@@H](Cc1ccccc1)C(=O)N1CCC[C@H]1C(=O)N[C@@H](CCC(=O)O)C(=O)N1CCC[C@H]1C(=O)O. The number of benzene rings is 3. The number of nitrogens with two attached hydrogens (primary N) is 1. The summed E-state index contributed by atoms with van der Waals surface area (Å²) in [6, 6.07) is 10.1. The molecule has 0 radical (unpaired) electrons. The number of hydrogen-bond donors (Lipinski definition) is 12. The molecule has 27 heteroatoms. The molecule has 13 N–H and O–H groups in total. The van der Waals surface area contributed by atoms with Crippen LogP contribution in [0.4, 0.5) is 0 Å². The molecule has 0 aliphatic carbocycles. The Balaban J connectivity index is 1.42. The van der Waals surface area contributed by atoms with Crippen LogP contribution < -0.4 is 37.6 Å². The minimum Gasteiger partial charge on any atom is -0.508 e. The maximum Gasteiger partial charge on any atom is 0.326 e. The van der Waals surface area contributed by atoms with Gasteiger partial charge in [0, 0.05) is 51.6 Å². The first kappa shape index (κ1) is 66.2. The highest BCUT2D eigenvalue weighted by Crippen LogP contribution is 2.24. The van der Waals surface area contributed by atoms with Gasteiger partial charge in [-0.15, -0.1) is 0 Å². The van der Waals surface area contributed by atoms with E-state index in [2.05, 4.69) is 31.9 Å². The fraction of sp³-hybridized carbons (Fsp3) is 0.474. The van der Waals surface area contributed by atoms with Crippen molar-refractivity contribution < 1.29 is 83.1 Å². The van der Waals surface area contributed by atoms with E-state index in [-0.39, 0.29) is 70.2 Å². The van der Waals surface area contributed by atoms with Gasteiger partial charge in [-0.05, 0) is 92.2 Å². The largest absolute Gasteiger partial charge is 0.508 e. The molecule has 0 aromatic heterocycles. The molecule has 8 amide bonds. The second-order valence-corrected chi connectivity index (χ2v) is 21.5. The third-order valence-corrected chi connectivity index (χ3v) is 14.9. The third-order valence-electron chi connectivity index (χ3n) is 14.3. The van der Waals surface area contributed by atoms with E-state index in [0.29, 0.717) is 35.3 Å². The molecular weight excluding hydrogens is 1110 g/mol. The molecule has 84 heavy (non-hydrogen) atoms. The van der Waals surface area contributed by atoms with Gasteiger partial charge in [0.25, 0.3) is 0 Å². The zero-order valence-electron chi connectivity index (χ0n) is 46.3. The van der Waals surface area contributed by atoms with Crippen molar-refractivity contribution in [2.75, 3.05) is 25.1 Å². The Morgan fingerprint density at radius 3 is 1.38 bits per heavy atom. The minimum absolute atomic E-state index is 0.000199. The van der Waals surface area contributed by atoms with Gasteiger partial charge in [-0.2, -0.15) is 11.8 Å². The maximum absolute atomic E-state index is 14.8. The Kier molecular flexibility index (Phi) is 25.9. The van der Waals surface area contributed by atoms with E-state index in [1.54, 1.807) is 66.9 Å². The topological polar surface area (TPSA) is 411 Å². The number of phenolic OH excluding ortho intramolecular Hbond substituents is 1. The fourth-order valence-corrected chi connectivity index (χ4v) is 10.3. The molecule has 3 aromatic carbocycles. The lowest BCUT2D eigenvalue weighted by Crippen LogP contribution is -2.61. The van der Waals surface area contributed by atoms with Gasteiger partial charge in [0.15, 0.2) is 0 Å². The molecule has 2 aliphatic heterocycles. The van der Waals surface area contributed by atoms with Crippen LogP contribution in [0.5, 0.6) is 5.75 Å². The molecule has 2 aliphatic rings. The second kappa shape index (κ2) is 32.9. The maximum atomic E-state index is 14.8. The number of nitrogens with one attached hydrogen (secondary N) is 6. The average molecular weight is 1190 g/mol. The normalized spacial score (nSPS) is 17.2. The van der Waals surface area contributed by atoms with Crippen molar-refractivity contribution in [1.29, 1.82) is 0 Å². The van der Waals surface area contributed by atoms with Crippen molar-refractivity contribution in [3.05, 3.63) is 102 Å². The summed E-state index contributed by atoms with van der Waals surface area (Å²) in [5, 5.41) is 63.6. The smallest absolute Gasteiger partial charge is 0.326 e. The van der Waals surface area contributed by atoms with E-state index in [1.165, 1.54) is 40.9 Å². The zero-order valence-corrected chi connectivity index (χ0v) is 47.1. The van der Waals surface area contributed by atoms with Crippen LogP contribution in [0.3, 0.4) is 0 Å². The van der Waals surface area contributed by atoms with E-state index >= 15 is 0 Å². The van der Waals surface area contributed by atoms with Crippen LogP contribution in [0.2, 0.25) is 0 Å². The van der Waals surface area contributed by atoms with E-state index in [1.807, 2.05) is 0 Å². The first-order chi connectivity index (χ1) is 40.0. The van der Waals surface area contributed by atoms with Crippen molar-refractivity contribution >= 4 is 82.9 Å². The van der Waals surface area contributed by atoms with Crippen LogP contribution >= 0.6 is 11.8 Å². The van der Waals surface area contributed by atoms with Crippen LogP contribution in [0.1, 0.15) is 87.3 Å². The Bertz CT molecular complexity index is 2810. The van der Waals surface area contributed by atoms with Gasteiger partial charge in [-0.3, -0.25) is 52.7 Å². The summed E-state index contributed by atoms with van der Waals surface area (Å²) in [5.41, 5.74) is 7.45. The summed E-state index contributed by atoms with van der Waals surface area (Å²) < 4.78 is 0. The Morgan fingerprint density at radius 1 is 0.488 bits per heavy atom. The number of carbonyl (C=O) groups excluding carboxylic acids is 8. The number of aliphatic carboxylic acids is 4. The monoisotopic (exact) mass is 1190 g/mol. The Morgan fingerprint density at radius 2 is 0.881 bits per heavy atom. The molecule has 454 valence electrons. The number of carbonyl (C=O) groups is 12. The predicted molar refractivity (Wildman–Crippen MR) is 302 cm³/mol. The summed E-state index contributed by atoms with van der Waals surface area (Å²) in [4.78, 5) is 163. The van der Waals surface area contributed by atoms with E-state index in [4.69, 9.17) is 10.8 Å². The molecule has 0 bridgehead atoms. The van der Waals surface area contributed by atoms with E-state index < -0.39 is 151 Å². The van der Waals surface area contributed by atoms with Crippen molar-refractivity contribution in [2.45, 2.75) is 144 Å². The van der Waals surface area contributed by atoms with Crippen molar-refractivity contribution in [3.63, 3.8) is 0 Å².